The monoisotopic (exact) mass is 388 g/mol. The topological polar surface area (TPSA) is 72.8 Å². The van der Waals surface area contributed by atoms with Crippen molar-refractivity contribution in [3.63, 3.8) is 0 Å². The molecule has 1 N–H and O–H groups in total. The van der Waals surface area contributed by atoms with Crippen LogP contribution in [-0.4, -0.2) is 36.4 Å². The molecule has 5 aliphatic rings. The highest BCUT2D eigenvalue weighted by molar-refractivity contribution is 5.77. The number of carbonyl (C=O) groups excluding carboxylic acids is 2. The number of carbonyl (C=O) groups is 2. The first kappa shape index (κ1) is 20.2. The summed E-state index contributed by atoms with van der Waals surface area (Å²) < 4.78 is 10.4. The average Bonchev–Trinajstić information content (AvgIpc) is 2.65. The quantitative estimate of drug-likeness (QED) is 0.752. The molecule has 5 rings (SSSR count). The van der Waals surface area contributed by atoms with E-state index < -0.39 is 11.0 Å². The van der Waals surface area contributed by atoms with E-state index >= 15 is 0 Å². The van der Waals surface area contributed by atoms with Crippen molar-refractivity contribution in [1.29, 1.82) is 0 Å². The van der Waals surface area contributed by atoms with Gasteiger partial charge in [0.15, 0.2) is 0 Å². The lowest BCUT2D eigenvalue weighted by Gasteiger charge is -2.69. The molecule has 4 radical (unpaired) electrons. The van der Waals surface area contributed by atoms with Gasteiger partial charge in [-0.2, -0.15) is 0 Å². The molecule has 7 unspecified atom stereocenters. The van der Waals surface area contributed by atoms with Crippen LogP contribution in [0.3, 0.4) is 0 Å². The Morgan fingerprint density at radius 3 is 2.61 bits per heavy atom. The van der Waals surface area contributed by atoms with Crippen molar-refractivity contribution >= 4 is 11.9 Å². The van der Waals surface area contributed by atoms with Crippen molar-refractivity contribution < 1.29 is 24.2 Å². The first-order chi connectivity index (χ1) is 13.1. The van der Waals surface area contributed by atoms with Crippen molar-refractivity contribution in [1.82, 2.24) is 0 Å². The minimum Gasteiger partial charge on any atom is -0.469 e. The Bertz CT molecular complexity index is 676. The van der Waals surface area contributed by atoms with Gasteiger partial charge in [-0.25, -0.2) is 0 Å². The second-order valence-electron chi connectivity index (χ2n) is 9.95. The molecule has 2 bridgehead atoms. The summed E-state index contributed by atoms with van der Waals surface area (Å²) in [5, 5.41) is 11.3. The standard InChI is InChI=1S/C23H32O5/c1-15(24)28-14-23(26)13-22-10-6-16(23)12-18(22)20(2)8-5-9-21(3,19(25)27-4)17(20)7-11-22/h7,11-13,16-18,26H,5-6,8-10,14H2,1-4H3. The lowest BCUT2D eigenvalue weighted by Crippen LogP contribution is -2.67. The van der Waals surface area contributed by atoms with Crippen LogP contribution in [0.25, 0.3) is 0 Å². The fourth-order valence-corrected chi connectivity index (χ4v) is 7.05. The molecule has 0 heterocycles. The summed E-state index contributed by atoms with van der Waals surface area (Å²) in [6.45, 7) is 5.73. The molecule has 5 saturated carbocycles. The van der Waals surface area contributed by atoms with Gasteiger partial charge in [0.05, 0.1) is 12.5 Å². The van der Waals surface area contributed by atoms with Crippen LogP contribution >= 0.6 is 0 Å². The van der Waals surface area contributed by atoms with Crippen LogP contribution in [0.5, 0.6) is 0 Å². The molecule has 5 nitrogen and oxygen atoms in total. The average molecular weight is 389 g/mol. The van der Waals surface area contributed by atoms with Crippen LogP contribution in [0.1, 0.15) is 52.9 Å². The second kappa shape index (κ2) is 6.45. The highest BCUT2D eigenvalue weighted by Gasteiger charge is 2.69. The molecule has 28 heavy (non-hydrogen) atoms. The number of methoxy groups -OCH3 is 1. The van der Waals surface area contributed by atoms with Crippen molar-refractivity contribution in [3.05, 3.63) is 25.7 Å². The third-order valence-electron chi connectivity index (χ3n) is 8.33. The van der Waals surface area contributed by atoms with Gasteiger partial charge in [-0.05, 0) is 80.5 Å². The van der Waals surface area contributed by atoms with Gasteiger partial charge < -0.3 is 14.6 Å². The van der Waals surface area contributed by atoms with E-state index in [1.807, 2.05) is 13.3 Å². The Morgan fingerprint density at radius 2 is 1.93 bits per heavy atom. The summed E-state index contributed by atoms with van der Waals surface area (Å²) in [6.07, 6.45) is 13.6. The molecule has 0 aromatic heterocycles. The number of aliphatic hydroxyl groups is 1. The molecule has 0 aromatic rings. The van der Waals surface area contributed by atoms with E-state index in [9.17, 15) is 14.7 Å². The number of esters is 2. The van der Waals surface area contributed by atoms with Gasteiger partial charge >= 0.3 is 11.9 Å². The van der Waals surface area contributed by atoms with Crippen molar-refractivity contribution in [3.8, 4) is 0 Å². The second-order valence-corrected chi connectivity index (χ2v) is 9.95. The molecule has 5 aliphatic carbocycles. The number of hydrogen-bond acceptors (Lipinski definition) is 5. The normalized spacial score (nSPS) is 49.7. The van der Waals surface area contributed by atoms with E-state index in [1.54, 1.807) is 0 Å². The van der Waals surface area contributed by atoms with Crippen LogP contribution in [0, 0.1) is 59.7 Å². The Morgan fingerprint density at radius 1 is 1.18 bits per heavy atom. The van der Waals surface area contributed by atoms with Gasteiger partial charge in [0, 0.05) is 13.3 Å². The molecule has 5 heteroatoms. The first-order valence-corrected chi connectivity index (χ1v) is 10.5. The number of fused-ring (bicyclic) bond motifs is 3. The zero-order valence-corrected chi connectivity index (χ0v) is 17.4. The van der Waals surface area contributed by atoms with E-state index in [-0.39, 0.29) is 47.1 Å². The summed E-state index contributed by atoms with van der Waals surface area (Å²) in [5.41, 5.74) is -1.94. The highest BCUT2D eigenvalue weighted by atomic mass is 16.5. The molecule has 7 atom stereocenters. The van der Waals surface area contributed by atoms with Crippen LogP contribution in [0.2, 0.25) is 0 Å². The molecule has 0 aromatic carbocycles. The minimum atomic E-state index is -1.12. The summed E-state index contributed by atoms with van der Waals surface area (Å²) in [5.74, 6) is -0.156. The molecular formula is C23H32O5. The summed E-state index contributed by atoms with van der Waals surface area (Å²) in [7, 11) is 1.48. The van der Waals surface area contributed by atoms with Gasteiger partial charge in [-0.15, -0.1) is 0 Å². The molecule has 1 spiro atoms. The predicted octanol–water partition coefficient (Wildman–Crippen LogP) is 3.12. The Hall–Kier alpha value is -1.10. The van der Waals surface area contributed by atoms with Gasteiger partial charge in [0.1, 0.15) is 12.2 Å². The Kier molecular flexibility index (Phi) is 4.65. The smallest absolute Gasteiger partial charge is 0.311 e. The van der Waals surface area contributed by atoms with E-state index in [1.165, 1.54) is 14.0 Å². The third kappa shape index (κ3) is 2.68. The van der Waals surface area contributed by atoms with Gasteiger partial charge in [0.2, 0.25) is 0 Å². The maximum atomic E-state index is 12.7. The zero-order valence-electron chi connectivity index (χ0n) is 17.4. The van der Waals surface area contributed by atoms with Gasteiger partial charge in [-0.3, -0.25) is 9.59 Å². The molecule has 0 amide bonds. The maximum Gasteiger partial charge on any atom is 0.311 e. The summed E-state index contributed by atoms with van der Waals surface area (Å²) >= 11 is 0. The fraction of sp³-hybridized carbons (Fsp3) is 0.739. The molecular weight excluding hydrogens is 356 g/mol. The maximum absolute atomic E-state index is 12.7. The number of hydrogen-bond donors (Lipinski definition) is 1. The summed E-state index contributed by atoms with van der Waals surface area (Å²) in [6, 6.07) is 0. The van der Waals surface area contributed by atoms with Gasteiger partial charge in [-0.1, -0.05) is 13.3 Å². The first-order valence-electron chi connectivity index (χ1n) is 10.5. The molecule has 5 fully saturated rings. The van der Waals surface area contributed by atoms with E-state index in [2.05, 4.69) is 26.2 Å². The number of ether oxygens (including phenoxy) is 2. The molecule has 0 saturated heterocycles. The van der Waals surface area contributed by atoms with Gasteiger partial charge in [0.25, 0.3) is 0 Å². The lowest BCUT2D eigenvalue weighted by molar-refractivity contribution is -0.181. The summed E-state index contributed by atoms with van der Waals surface area (Å²) in [4.78, 5) is 24.0. The fourth-order valence-electron chi connectivity index (χ4n) is 7.05. The highest BCUT2D eigenvalue weighted by Crippen LogP contribution is 2.71. The van der Waals surface area contributed by atoms with E-state index in [4.69, 9.17) is 9.47 Å². The Labute approximate surface area is 168 Å². The zero-order chi connectivity index (χ0) is 20.4. The SMILES string of the molecule is COC(=O)C1(C)CCCC2(C)C3[CH]C4CCC3([CH][CH]C12)[CH]C4(O)COC(C)=O. The van der Waals surface area contributed by atoms with E-state index in [0.717, 1.165) is 32.1 Å². The van der Waals surface area contributed by atoms with Crippen LogP contribution in [0.15, 0.2) is 0 Å². The van der Waals surface area contributed by atoms with Crippen LogP contribution < -0.4 is 0 Å². The Balaban J connectivity index is 1.65. The number of rotatable bonds is 3. The molecule has 154 valence electrons. The molecule has 0 aliphatic heterocycles. The lowest BCUT2D eigenvalue weighted by atomic mass is 9.35. The minimum absolute atomic E-state index is 0.00578. The predicted molar refractivity (Wildman–Crippen MR) is 103 cm³/mol. The van der Waals surface area contributed by atoms with Crippen molar-refractivity contribution in [2.75, 3.05) is 13.7 Å². The largest absolute Gasteiger partial charge is 0.469 e. The van der Waals surface area contributed by atoms with Crippen LogP contribution in [-0.2, 0) is 19.1 Å². The van der Waals surface area contributed by atoms with Crippen LogP contribution in [0.4, 0.5) is 0 Å². The van der Waals surface area contributed by atoms with Crippen molar-refractivity contribution in [2.45, 2.75) is 58.5 Å². The van der Waals surface area contributed by atoms with E-state index in [0.29, 0.717) is 0 Å². The van der Waals surface area contributed by atoms with Crippen molar-refractivity contribution in [2.24, 2.45) is 34.0 Å². The third-order valence-corrected chi connectivity index (χ3v) is 8.33.